The molecule has 1 saturated heterocycles. The van der Waals surface area contributed by atoms with Crippen molar-refractivity contribution in [3.05, 3.63) is 77.9 Å². The summed E-state index contributed by atoms with van der Waals surface area (Å²) in [5.41, 5.74) is 3.37. The molecule has 1 aliphatic rings. The number of ketones is 1. The van der Waals surface area contributed by atoms with Gasteiger partial charge in [-0.15, -0.1) is 0 Å². The van der Waals surface area contributed by atoms with Crippen molar-refractivity contribution in [2.45, 2.75) is 45.8 Å². The summed E-state index contributed by atoms with van der Waals surface area (Å²) in [5, 5.41) is 4.44. The van der Waals surface area contributed by atoms with Gasteiger partial charge < -0.3 is 4.74 Å². The van der Waals surface area contributed by atoms with Crippen molar-refractivity contribution in [3.8, 4) is 11.1 Å². The van der Waals surface area contributed by atoms with E-state index in [4.69, 9.17) is 4.74 Å². The van der Waals surface area contributed by atoms with Gasteiger partial charge in [0.15, 0.2) is 5.78 Å². The summed E-state index contributed by atoms with van der Waals surface area (Å²) in [6, 6.07) is 8.27. The molecule has 8 heteroatoms. The van der Waals surface area contributed by atoms with E-state index in [-0.39, 0.29) is 18.2 Å². The van der Waals surface area contributed by atoms with Crippen LogP contribution in [0.25, 0.3) is 22.2 Å². The van der Waals surface area contributed by atoms with E-state index in [2.05, 4.69) is 15.1 Å². The fraction of sp³-hybridized carbons (Fsp3) is 0.308. The fourth-order valence-electron chi connectivity index (χ4n) is 3.86. The number of fused-ring (bicyclic) bond motifs is 1. The quantitative estimate of drug-likeness (QED) is 0.343. The molecule has 176 valence electrons. The van der Waals surface area contributed by atoms with Crippen LogP contribution in [-0.4, -0.2) is 32.1 Å². The topological polar surface area (TPSA) is 69.9 Å². The van der Waals surface area contributed by atoms with Gasteiger partial charge >= 0.3 is 0 Å². The third-order valence-corrected chi connectivity index (χ3v) is 5.55. The third-order valence-electron chi connectivity index (χ3n) is 5.55. The van der Waals surface area contributed by atoms with Crippen molar-refractivity contribution in [1.82, 2.24) is 19.7 Å². The molecule has 5 rings (SSSR count). The van der Waals surface area contributed by atoms with Gasteiger partial charge in [-0.05, 0) is 49.6 Å². The van der Waals surface area contributed by atoms with E-state index in [1.807, 2.05) is 30.8 Å². The first-order chi connectivity index (χ1) is 16.6. The first-order valence-electron chi connectivity index (χ1n) is 11.5. The van der Waals surface area contributed by atoms with Crippen LogP contribution in [0.5, 0.6) is 0 Å². The van der Waals surface area contributed by atoms with Crippen LogP contribution < -0.4 is 0 Å². The molecule has 0 bridgehead atoms. The summed E-state index contributed by atoms with van der Waals surface area (Å²) in [6.45, 7) is 4.74. The van der Waals surface area contributed by atoms with E-state index in [1.54, 1.807) is 24.5 Å². The highest BCUT2D eigenvalue weighted by Crippen LogP contribution is 2.26. The number of carbonyl (C=O) groups is 1. The van der Waals surface area contributed by atoms with Crippen LogP contribution in [0.15, 0.2) is 55.0 Å². The zero-order valence-electron chi connectivity index (χ0n) is 19.2. The molecule has 0 radical (unpaired) electrons. The number of carbonyl (C=O) groups excluding carboxylic acids is 1. The first-order valence-corrected chi connectivity index (χ1v) is 11.5. The molecule has 0 saturated carbocycles. The monoisotopic (exact) mass is 464 g/mol. The highest BCUT2D eigenvalue weighted by Gasteiger charge is 2.18. The molecule has 1 atom stereocenters. The maximum Gasteiger partial charge on any atom is 0.171 e. The zero-order chi connectivity index (χ0) is 24.1. The van der Waals surface area contributed by atoms with Gasteiger partial charge in [0.2, 0.25) is 0 Å². The van der Waals surface area contributed by atoms with E-state index in [1.165, 1.54) is 0 Å². The molecule has 6 nitrogen and oxygen atoms in total. The lowest BCUT2D eigenvalue weighted by molar-refractivity contribution is -0.0394. The number of Topliss-reactive ketones (excluding diaryl/α,β-unsaturated/α-hetero) is 1. The lowest BCUT2D eigenvalue weighted by Crippen LogP contribution is -2.18. The minimum absolute atomic E-state index is 0.0477. The van der Waals surface area contributed by atoms with Crippen molar-refractivity contribution < 1.29 is 18.3 Å². The number of hydrogen-bond acceptors (Lipinski definition) is 5. The Morgan fingerprint density at radius 1 is 1.06 bits per heavy atom. The molecule has 0 amide bonds. The minimum Gasteiger partial charge on any atom is -0.357 e. The number of rotatable bonds is 5. The summed E-state index contributed by atoms with van der Waals surface area (Å²) in [5.74, 6) is -2.06. The van der Waals surface area contributed by atoms with Gasteiger partial charge in [0.25, 0.3) is 0 Å². The average molecular weight is 465 g/mol. The van der Waals surface area contributed by atoms with E-state index in [9.17, 15) is 13.6 Å². The lowest BCUT2D eigenvalue weighted by atomic mass is 10.0. The molecule has 1 fully saturated rings. The molecule has 4 heterocycles. The van der Waals surface area contributed by atoms with Crippen molar-refractivity contribution >= 4 is 16.8 Å². The van der Waals surface area contributed by atoms with Crippen LogP contribution in [0.4, 0.5) is 8.78 Å². The molecule has 1 aromatic carbocycles. The van der Waals surface area contributed by atoms with Gasteiger partial charge in [-0.2, -0.15) is 5.10 Å². The molecule has 0 N–H and O–H groups in total. The summed E-state index contributed by atoms with van der Waals surface area (Å²) in [6.07, 6.45) is 8.44. The number of pyridine rings is 2. The second kappa shape index (κ2) is 10.6. The Balaban J connectivity index is 0.00000133. The van der Waals surface area contributed by atoms with E-state index >= 15 is 0 Å². The average Bonchev–Trinajstić information content (AvgIpc) is 3.36. The van der Waals surface area contributed by atoms with Crippen LogP contribution in [0.1, 0.15) is 55.4 Å². The van der Waals surface area contributed by atoms with Crippen LogP contribution >= 0.6 is 0 Å². The molecule has 0 aliphatic carbocycles. The lowest BCUT2D eigenvalue weighted by Gasteiger charge is -2.22. The van der Waals surface area contributed by atoms with Crippen molar-refractivity contribution in [3.63, 3.8) is 0 Å². The summed E-state index contributed by atoms with van der Waals surface area (Å²) in [7, 11) is 0. The third kappa shape index (κ3) is 5.17. The van der Waals surface area contributed by atoms with Crippen LogP contribution in [0.3, 0.4) is 0 Å². The van der Waals surface area contributed by atoms with Gasteiger partial charge in [0.05, 0.1) is 29.2 Å². The highest BCUT2D eigenvalue weighted by molar-refractivity contribution is 5.97. The summed E-state index contributed by atoms with van der Waals surface area (Å²) in [4.78, 5) is 21.5. The minimum atomic E-state index is -0.876. The second-order valence-electron chi connectivity index (χ2n) is 7.82. The smallest absolute Gasteiger partial charge is 0.171 e. The van der Waals surface area contributed by atoms with Crippen LogP contribution in [0, 0.1) is 11.6 Å². The van der Waals surface area contributed by atoms with Gasteiger partial charge in [-0.3, -0.25) is 14.8 Å². The Hall–Kier alpha value is -3.52. The Morgan fingerprint density at radius 2 is 1.91 bits per heavy atom. The number of ether oxygens (including phenoxy) is 1. The predicted molar refractivity (Wildman–Crippen MR) is 125 cm³/mol. The SMILES string of the molecule is CC.O=C(Cc1ccc2ncc(-c3cnn(C4CCCCO4)c3)cc2n1)c1ccc(F)cc1F. The Kier molecular flexibility index (Phi) is 7.37. The Labute approximate surface area is 196 Å². The van der Waals surface area contributed by atoms with Gasteiger partial charge in [0.1, 0.15) is 17.9 Å². The van der Waals surface area contributed by atoms with E-state index in [0.29, 0.717) is 22.8 Å². The second-order valence-corrected chi connectivity index (χ2v) is 7.82. The number of halogens is 2. The first kappa shape index (κ1) is 23.6. The summed E-state index contributed by atoms with van der Waals surface area (Å²) < 4.78 is 34.7. The standard InChI is InChI=1S/C24H20F2N4O2.C2H6/c25-17-4-6-19(20(26)10-17)23(31)11-18-5-7-21-22(29-18)9-15(12-27-21)16-13-28-30(14-16)24-3-1-2-8-32-24;1-2/h4-7,9-10,12-14,24H,1-3,8,11H2;1-2H3. The van der Waals surface area contributed by atoms with Gasteiger partial charge in [-0.25, -0.2) is 13.5 Å². The number of aromatic nitrogens is 4. The maximum atomic E-state index is 13.9. The van der Waals surface area contributed by atoms with Crippen LogP contribution in [0.2, 0.25) is 0 Å². The molecular weight excluding hydrogens is 438 g/mol. The fourth-order valence-corrected chi connectivity index (χ4v) is 3.86. The molecule has 1 aliphatic heterocycles. The number of hydrogen-bond donors (Lipinski definition) is 0. The molecule has 1 unspecified atom stereocenters. The Bertz CT molecular complexity index is 1300. The number of nitrogens with zero attached hydrogens (tertiary/aromatic N) is 4. The van der Waals surface area contributed by atoms with E-state index < -0.39 is 17.4 Å². The van der Waals surface area contributed by atoms with Crippen molar-refractivity contribution in [2.24, 2.45) is 0 Å². The molecular formula is C26H26F2N4O2. The van der Waals surface area contributed by atoms with Crippen molar-refractivity contribution in [2.75, 3.05) is 6.61 Å². The molecule has 0 spiro atoms. The number of benzene rings is 1. The maximum absolute atomic E-state index is 13.9. The molecule has 34 heavy (non-hydrogen) atoms. The zero-order valence-corrected chi connectivity index (χ0v) is 19.2. The normalized spacial score (nSPS) is 15.6. The molecule has 3 aromatic heterocycles. The highest BCUT2D eigenvalue weighted by atomic mass is 19.1. The van der Waals surface area contributed by atoms with E-state index in [0.717, 1.165) is 49.1 Å². The van der Waals surface area contributed by atoms with Crippen LogP contribution in [-0.2, 0) is 11.2 Å². The Morgan fingerprint density at radius 3 is 2.68 bits per heavy atom. The van der Waals surface area contributed by atoms with Gasteiger partial charge in [-0.1, -0.05) is 13.8 Å². The molecule has 4 aromatic rings. The summed E-state index contributed by atoms with van der Waals surface area (Å²) >= 11 is 0. The van der Waals surface area contributed by atoms with Gasteiger partial charge in [0, 0.05) is 41.9 Å². The van der Waals surface area contributed by atoms with Crippen molar-refractivity contribution in [1.29, 1.82) is 0 Å². The predicted octanol–water partition coefficient (Wildman–Crippen LogP) is 5.92. The largest absolute Gasteiger partial charge is 0.357 e.